The van der Waals surface area contributed by atoms with Gasteiger partial charge in [0.25, 0.3) is 0 Å². The van der Waals surface area contributed by atoms with Crippen molar-refractivity contribution in [3.05, 3.63) is 100 Å². The van der Waals surface area contributed by atoms with Crippen LogP contribution in [0.5, 0.6) is 0 Å². The number of fused-ring (bicyclic) bond motifs is 1. The fourth-order valence-electron chi connectivity index (χ4n) is 3.64. The quantitative estimate of drug-likeness (QED) is 0.203. The molecule has 0 radical (unpaired) electrons. The number of halogens is 6. The number of nitrogens with zero attached hydrogens (tertiary/aromatic N) is 4. The van der Waals surface area contributed by atoms with Gasteiger partial charge in [0.2, 0.25) is 10.0 Å². The van der Waals surface area contributed by atoms with Gasteiger partial charge in [0.1, 0.15) is 4.21 Å². The van der Waals surface area contributed by atoms with Crippen molar-refractivity contribution in [2.45, 2.75) is 23.1 Å². The number of aromatic nitrogens is 4. The third-order valence-electron chi connectivity index (χ3n) is 5.65. The van der Waals surface area contributed by atoms with Crippen LogP contribution in [0.4, 0.5) is 26.3 Å². The third-order valence-corrected chi connectivity index (χ3v) is 8.55. The first-order valence-electron chi connectivity index (χ1n) is 11.5. The van der Waals surface area contributed by atoms with Gasteiger partial charge in [-0.05, 0) is 48.0 Å². The predicted molar refractivity (Wildman–Crippen MR) is 137 cm³/mol. The molecule has 1 N–H and O–H groups in total. The largest absolute Gasteiger partial charge is 0.433 e. The molecule has 0 atom stereocenters. The lowest BCUT2D eigenvalue weighted by molar-refractivity contribution is -0.142. The second-order valence-corrected chi connectivity index (χ2v) is 11.5. The number of pyridine rings is 1. The number of hydrogen-bond acceptors (Lipinski definition) is 6. The molecule has 15 heteroatoms. The molecule has 1 aromatic carbocycles. The molecule has 0 aliphatic carbocycles. The minimum atomic E-state index is -4.86. The molecule has 0 bridgehead atoms. The molecule has 0 spiro atoms. The summed E-state index contributed by atoms with van der Waals surface area (Å²) in [5, 5.41) is 3.75. The second-order valence-electron chi connectivity index (χ2n) is 8.44. The Labute approximate surface area is 232 Å². The summed E-state index contributed by atoms with van der Waals surface area (Å²) in [5.74, 6) is 5.38. The van der Waals surface area contributed by atoms with E-state index in [-0.39, 0.29) is 33.2 Å². The molecule has 0 aliphatic heterocycles. The van der Waals surface area contributed by atoms with Crippen LogP contribution in [0.25, 0.3) is 16.9 Å². The van der Waals surface area contributed by atoms with E-state index in [1.807, 2.05) is 0 Å². The molecule has 5 aromatic rings. The minimum absolute atomic E-state index is 0.00196. The van der Waals surface area contributed by atoms with Gasteiger partial charge in [-0.15, -0.1) is 11.3 Å². The smallest absolute Gasteiger partial charge is 0.265 e. The zero-order valence-corrected chi connectivity index (χ0v) is 22.0. The molecule has 41 heavy (non-hydrogen) atoms. The van der Waals surface area contributed by atoms with Gasteiger partial charge < -0.3 is 0 Å². The topological polar surface area (TPSA) is 89.2 Å². The third kappa shape index (κ3) is 6.24. The maximum atomic E-state index is 13.8. The summed E-state index contributed by atoms with van der Waals surface area (Å²) >= 11 is 0.857. The maximum absolute atomic E-state index is 13.8. The highest BCUT2D eigenvalue weighted by atomic mass is 32.2. The Kier molecular flexibility index (Phi) is 7.32. The molecule has 0 saturated heterocycles. The minimum Gasteiger partial charge on any atom is -0.265 e. The Morgan fingerprint density at radius 1 is 0.902 bits per heavy atom. The number of alkyl halides is 6. The highest BCUT2D eigenvalue weighted by molar-refractivity contribution is 7.91. The lowest BCUT2D eigenvalue weighted by Gasteiger charge is -2.12. The van der Waals surface area contributed by atoms with Crippen LogP contribution in [0, 0.1) is 11.8 Å². The van der Waals surface area contributed by atoms with Gasteiger partial charge in [-0.1, -0.05) is 24.0 Å². The molecular weight excluding hydrogens is 592 g/mol. The normalized spacial score (nSPS) is 12.3. The molecule has 0 amide bonds. The molecule has 0 saturated carbocycles. The first kappa shape index (κ1) is 28.3. The molecule has 0 unspecified atom stereocenters. The highest BCUT2D eigenvalue weighted by Gasteiger charge is 2.36. The van der Waals surface area contributed by atoms with E-state index >= 15 is 0 Å². The van der Waals surface area contributed by atoms with Crippen LogP contribution in [-0.2, 0) is 28.9 Å². The number of nitrogens with one attached hydrogen (secondary N) is 1. The molecule has 7 nitrogen and oxygen atoms in total. The van der Waals surface area contributed by atoms with E-state index in [1.165, 1.54) is 24.5 Å². The van der Waals surface area contributed by atoms with Crippen LogP contribution in [0.1, 0.15) is 27.3 Å². The number of benzene rings is 1. The molecule has 0 fully saturated rings. The molecule has 210 valence electrons. The molecule has 4 heterocycles. The van der Waals surface area contributed by atoms with Gasteiger partial charge in [0.05, 0.1) is 27.9 Å². The van der Waals surface area contributed by atoms with E-state index in [0.717, 1.165) is 41.8 Å². The number of rotatable bonds is 5. The maximum Gasteiger partial charge on any atom is 0.433 e. The molecule has 0 aliphatic rings. The monoisotopic (exact) mass is 607 g/mol. The molecule has 5 rings (SSSR count). The van der Waals surface area contributed by atoms with Gasteiger partial charge in [0, 0.05) is 24.5 Å². The van der Waals surface area contributed by atoms with Crippen LogP contribution in [0.2, 0.25) is 0 Å². The first-order valence-corrected chi connectivity index (χ1v) is 13.8. The fourth-order valence-corrected chi connectivity index (χ4v) is 5.86. The number of sulfonamides is 1. The summed E-state index contributed by atoms with van der Waals surface area (Å²) in [7, 11) is -3.86. The van der Waals surface area contributed by atoms with Gasteiger partial charge in [-0.2, -0.15) is 31.4 Å². The lowest BCUT2D eigenvalue weighted by Crippen LogP contribution is -2.22. The van der Waals surface area contributed by atoms with Crippen LogP contribution >= 0.6 is 11.3 Å². The van der Waals surface area contributed by atoms with Crippen molar-refractivity contribution in [1.82, 2.24) is 24.3 Å². The summed E-state index contributed by atoms with van der Waals surface area (Å²) in [6.45, 7) is 0.0423. The second kappa shape index (κ2) is 10.6. The van der Waals surface area contributed by atoms with Crippen molar-refractivity contribution in [3.8, 4) is 23.1 Å². The Hall–Kier alpha value is -4.26. The standard InChI is InChI=1S/C26H15F6N5O2S2/c27-25(28,29)19-4-1-17(2-5-19)21-13-22(26(30,31)32)37-24(36-21)18(15-34-37)3-6-20-7-8-23(40-20)41(38,39)35-14-16-9-11-33-12-10-16/h1-2,4-5,7-13,15,35H,14H2. The zero-order valence-electron chi connectivity index (χ0n) is 20.3. The van der Waals surface area contributed by atoms with Gasteiger partial charge in [0.15, 0.2) is 11.3 Å². The van der Waals surface area contributed by atoms with E-state index in [9.17, 15) is 34.8 Å². The van der Waals surface area contributed by atoms with E-state index in [0.29, 0.717) is 21.0 Å². The van der Waals surface area contributed by atoms with E-state index < -0.39 is 33.6 Å². The SMILES string of the molecule is O=S(=O)(NCc1ccncc1)c1ccc(C#Cc2cnn3c(C(F)(F)F)cc(-c4ccc(C(F)(F)F)cc4)nc23)s1. The summed E-state index contributed by atoms with van der Waals surface area (Å²) < 4.78 is 109. The summed E-state index contributed by atoms with van der Waals surface area (Å²) in [4.78, 5) is 8.37. The van der Waals surface area contributed by atoms with Crippen LogP contribution in [-0.4, -0.2) is 28.0 Å². The Morgan fingerprint density at radius 3 is 2.27 bits per heavy atom. The number of thiophene rings is 1. The summed E-state index contributed by atoms with van der Waals surface area (Å²) in [6, 6.07) is 10.4. The van der Waals surface area contributed by atoms with Gasteiger partial charge in [-0.3, -0.25) is 4.98 Å². The predicted octanol–water partition coefficient (Wildman–Crippen LogP) is 5.77. The zero-order chi connectivity index (χ0) is 29.4. The van der Waals surface area contributed by atoms with Crippen molar-refractivity contribution in [2.75, 3.05) is 0 Å². The average molecular weight is 608 g/mol. The van der Waals surface area contributed by atoms with E-state index in [1.54, 1.807) is 12.1 Å². The van der Waals surface area contributed by atoms with Gasteiger partial charge in [-0.25, -0.2) is 22.6 Å². The van der Waals surface area contributed by atoms with Crippen LogP contribution in [0.3, 0.4) is 0 Å². The summed E-state index contributed by atoms with van der Waals surface area (Å²) in [6.07, 6.45) is -5.34. The Morgan fingerprint density at radius 2 is 1.61 bits per heavy atom. The van der Waals surface area contributed by atoms with Gasteiger partial charge >= 0.3 is 12.4 Å². The Balaban J connectivity index is 1.47. The summed E-state index contributed by atoms with van der Waals surface area (Å²) in [5.41, 5.74) is -1.93. The van der Waals surface area contributed by atoms with Crippen molar-refractivity contribution < 1.29 is 34.8 Å². The highest BCUT2D eigenvalue weighted by Crippen LogP contribution is 2.34. The van der Waals surface area contributed by atoms with Crippen molar-refractivity contribution in [2.24, 2.45) is 0 Å². The lowest BCUT2D eigenvalue weighted by atomic mass is 10.1. The molecular formula is C26H15F6N5O2S2. The first-order chi connectivity index (χ1) is 19.3. The van der Waals surface area contributed by atoms with Crippen molar-refractivity contribution in [1.29, 1.82) is 0 Å². The van der Waals surface area contributed by atoms with Crippen molar-refractivity contribution >= 4 is 27.0 Å². The van der Waals surface area contributed by atoms with Crippen molar-refractivity contribution in [3.63, 3.8) is 0 Å². The average Bonchev–Trinajstić information content (AvgIpc) is 3.58. The van der Waals surface area contributed by atoms with E-state index in [2.05, 4.69) is 31.6 Å². The van der Waals surface area contributed by atoms with E-state index in [4.69, 9.17) is 0 Å². The number of hydrogen-bond donors (Lipinski definition) is 1. The van der Waals surface area contributed by atoms with Crippen LogP contribution in [0.15, 0.2) is 77.4 Å². The molecule has 4 aromatic heterocycles. The van der Waals surface area contributed by atoms with Crippen LogP contribution < -0.4 is 4.72 Å². The fraction of sp³-hybridized carbons (Fsp3) is 0.115. The Bertz CT molecular complexity index is 1890.